The van der Waals surface area contributed by atoms with E-state index in [1.165, 1.54) is 7.11 Å². The van der Waals surface area contributed by atoms with Gasteiger partial charge in [0.05, 0.1) is 26.0 Å². The summed E-state index contributed by atoms with van der Waals surface area (Å²) in [6.07, 6.45) is 3.15. The predicted molar refractivity (Wildman–Crippen MR) is 96.5 cm³/mol. The zero-order chi connectivity index (χ0) is 18.8. The van der Waals surface area contributed by atoms with Crippen LogP contribution < -0.4 is 4.74 Å². The molecule has 4 rings (SSSR count). The largest absolute Gasteiger partial charge is 0.497 e. The Bertz CT molecular complexity index is 1050. The highest BCUT2D eigenvalue weighted by Gasteiger charge is 2.19. The molecular weight excluding hydrogens is 348 g/mol. The molecule has 0 atom stereocenters. The Morgan fingerprint density at radius 2 is 2.00 bits per heavy atom. The maximum Gasteiger partial charge on any atom is 0.305 e. The number of benzene rings is 1. The third-order valence-corrected chi connectivity index (χ3v) is 4.33. The van der Waals surface area contributed by atoms with Crippen LogP contribution in [0.25, 0.3) is 28.4 Å². The standard InChI is InChI=1S/C18H18N6O3/c1-26-12-8-6-11(7-9-12)16-21-18-13-10-19-22-17(13)20-14(24(18)23-16)4-3-5-15(25)27-2/h6-10H,3-5H2,1-2H3,(H,21,23). The third kappa shape index (κ3) is 3.19. The molecule has 138 valence electrons. The number of methoxy groups -OCH3 is 2. The Kier molecular flexibility index (Phi) is 4.41. The Morgan fingerprint density at radius 1 is 1.19 bits per heavy atom. The molecule has 9 heteroatoms. The average Bonchev–Trinajstić information content (AvgIpc) is 3.34. The summed E-state index contributed by atoms with van der Waals surface area (Å²) in [6.45, 7) is 0. The summed E-state index contributed by atoms with van der Waals surface area (Å²) >= 11 is 0. The molecule has 1 N–H and O–H groups in total. The van der Waals surface area contributed by atoms with Crippen molar-refractivity contribution >= 4 is 11.6 Å². The summed E-state index contributed by atoms with van der Waals surface area (Å²) in [5.41, 5.74) is 2.38. The number of nitrogens with zero attached hydrogens (tertiary/aromatic N) is 5. The Hall–Kier alpha value is -3.49. The molecule has 2 aromatic rings. The molecule has 0 radical (unpaired) electrons. The highest BCUT2D eigenvalue weighted by Crippen LogP contribution is 2.26. The summed E-state index contributed by atoms with van der Waals surface area (Å²) in [6, 6.07) is 7.62. The van der Waals surface area contributed by atoms with E-state index >= 15 is 0 Å². The van der Waals surface area contributed by atoms with Crippen LogP contribution in [0.1, 0.15) is 18.7 Å². The van der Waals surface area contributed by atoms with Crippen LogP contribution in [-0.4, -0.2) is 50.0 Å². The number of aromatic nitrogens is 6. The normalized spacial score (nSPS) is 11.2. The second kappa shape index (κ2) is 7.02. The fourth-order valence-corrected chi connectivity index (χ4v) is 2.91. The smallest absolute Gasteiger partial charge is 0.305 e. The number of esters is 1. The van der Waals surface area contributed by atoms with Crippen LogP contribution in [0.3, 0.4) is 0 Å². The molecule has 3 heterocycles. The number of aromatic amines is 1. The van der Waals surface area contributed by atoms with Gasteiger partial charge >= 0.3 is 5.97 Å². The van der Waals surface area contributed by atoms with Gasteiger partial charge in [-0.2, -0.15) is 5.10 Å². The molecule has 1 aromatic carbocycles. The van der Waals surface area contributed by atoms with Gasteiger partial charge in [0, 0.05) is 18.4 Å². The van der Waals surface area contributed by atoms with E-state index in [-0.39, 0.29) is 5.97 Å². The van der Waals surface area contributed by atoms with Crippen LogP contribution in [0.2, 0.25) is 0 Å². The van der Waals surface area contributed by atoms with Gasteiger partial charge in [-0.25, -0.2) is 14.5 Å². The van der Waals surface area contributed by atoms with Crippen molar-refractivity contribution < 1.29 is 14.3 Å². The van der Waals surface area contributed by atoms with Crippen molar-refractivity contribution in [2.24, 2.45) is 0 Å². The molecule has 9 nitrogen and oxygen atoms in total. The fraction of sp³-hybridized carbons (Fsp3) is 0.278. The number of nitrogens with one attached hydrogen (secondary N) is 1. The second-order valence-corrected chi connectivity index (χ2v) is 6.00. The van der Waals surface area contributed by atoms with Crippen molar-refractivity contribution in [1.82, 2.24) is 29.8 Å². The van der Waals surface area contributed by atoms with Crippen LogP contribution in [0.15, 0.2) is 30.5 Å². The van der Waals surface area contributed by atoms with Crippen LogP contribution in [0, 0.1) is 0 Å². The van der Waals surface area contributed by atoms with Gasteiger partial charge in [0.25, 0.3) is 0 Å². The van der Waals surface area contributed by atoms with Gasteiger partial charge in [0.2, 0.25) is 0 Å². The molecule has 2 aliphatic rings. The van der Waals surface area contributed by atoms with Crippen LogP contribution in [0.4, 0.5) is 0 Å². The molecule has 1 aromatic heterocycles. The van der Waals surface area contributed by atoms with E-state index in [1.807, 2.05) is 28.8 Å². The number of carbonyl (C=O) groups excluding carboxylic acids is 1. The van der Waals surface area contributed by atoms with E-state index in [1.54, 1.807) is 13.3 Å². The highest BCUT2D eigenvalue weighted by atomic mass is 16.5. The summed E-state index contributed by atoms with van der Waals surface area (Å²) in [7, 11) is 3.01. The molecule has 0 spiro atoms. The SMILES string of the molecule is COC(=O)CCCc1nc2nncc-2c2nc(-c3ccc(OC)cc3)[nH]n12. The number of fused-ring (bicyclic) bond motifs is 3. The minimum atomic E-state index is -0.242. The number of carbonyl (C=O) groups is 1. The van der Waals surface area contributed by atoms with Gasteiger partial charge in [-0.15, -0.1) is 5.10 Å². The van der Waals surface area contributed by atoms with Gasteiger partial charge in [0.1, 0.15) is 11.6 Å². The van der Waals surface area contributed by atoms with Crippen molar-refractivity contribution in [3.05, 3.63) is 36.3 Å². The zero-order valence-corrected chi connectivity index (χ0v) is 15.0. The lowest BCUT2D eigenvalue weighted by molar-refractivity contribution is -0.140. The molecule has 0 amide bonds. The first-order valence-corrected chi connectivity index (χ1v) is 8.49. The van der Waals surface area contributed by atoms with Gasteiger partial charge in [-0.3, -0.25) is 9.89 Å². The number of hydrogen-bond donors (Lipinski definition) is 1. The number of H-pyrrole nitrogens is 1. The molecule has 0 saturated heterocycles. The first-order chi connectivity index (χ1) is 13.2. The molecule has 0 saturated carbocycles. The molecular formula is C18H18N6O3. The van der Waals surface area contributed by atoms with Gasteiger partial charge in [-0.05, 0) is 30.7 Å². The lowest BCUT2D eigenvalue weighted by Gasteiger charge is -2.06. The Balaban J connectivity index is 1.73. The monoisotopic (exact) mass is 366 g/mol. The first-order valence-electron chi connectivity index (χ1n) is 8.49. The van der Waals surface area contributed by atoms with Crippen molar-refractivity contribution in [2.45, 2.75) is 19.3 Å². The Labute approximate surface area is 154 Å². The van der Waals surface area contributed by atoms with E-state index in [2.05, 4.69) is 20.3 Å². The Morgan fingerprint density at radius 3 is 2.74 bits per heavy atom. The quantitative estimate of drug-likeness (QED) is 0.521. The first kappa shape index (κ1) is 17.0. The minimum Gasteiger partial charge on any atom is -0.497 e. The maximum atomic E-state index is 11.4. The number of rotatable bonds is 6. The molecule has 0 bridgehead atoms. The zero-order valence-electron chi connectivity index (χ0n) is 15.0. The van der Waals surface area contributed by atoms with E-state index < -0.39 is 0 Å². The number of hydrogen-bond acceptors (Lipinski definition) is 7. The van der Waals surface area contributed by atoms with Crippen molar-refractivity contribution in [2.75, 3.05) is 14.2 Å². The fourth-order valence-electron chi connectivity index (χ4n) is 2.91. The van der Waals surface area contributed by atoms with Gasteiger partial charge < -0.3 is 9.47 Å². The summed E-state index contributed by atoms with van der Waals surface area (Å²) in [5.74, 6) is 2.50. The summed E-state index contributed by atoms with van der Waals surface area (Å²) in [4.78, 5) is 20.7. The van der Waals surface area contributed by atoms with Crippen molar-refractivity contribution in [1.29, 1.82) is 0 Å². The van der Waals surface area contributed by atoms with Crippen LogP contribution >= 0.6 is 0 Å². The van der Waals surface area contributed by atoms with E-state index in [9.17, 15) is 4.79 Å². The summed E-state index contributed by atoms with van der Waals surface area (Å²) < 4.78 is 11.7. The second-order valence-electron chi connectivity index (χ2n) is 6.00. The number of ether oxygens (including phenoxy) is 2. The lowest BCUT2D eigenvalue weighted by atomic mass is 10.2. The van der Waals surface area contributed by atoms with E-state index in [0.717, 1.165) is 22.7 Å². The molecule has 0 fully saturated rings. The topological polar surface area (TPSA) is 107 Å². The minimum absolute atomic E-state index is 0.242. The average molecular weight is 366 g/mol. The lowest BCUT2D eigenvalue weighted by Crippen LogP contribution is -2.07. The van der Waals surface area contributed by atoms with Crippen LogP contribution in [-0.2, 0) is 16.0 Å². The molecule has 2 aliphatic heterocycles. The van der Waals surface area contributed by atoms with Gasteiger partial charge in [-0.1, -0.05) is 0 Å². The maximum absolute atomic E-state index is 11.4. The number of aryl methyl sites for hydroxylation is 1. The molecule has 27 heavy (non-hydrogen) atoms. The highest BCUT2D eigenvalue weighted by molar-refractivity contribution is 5.75. The van der Waals surface area contributed by atoms with E-state index in [4.69, 9.17) is 14.5 Å². The summed E-state index contributed by atoms with van der Waals surface area (Å²) in [5, 5.41) is 11.3. The van der Waals surface area contributed by atoms with Crippen molar-refractivity contribution in [3.8, 4) is 28.5 Å². The molecule has 0 unspecified atom stereocenters. The van der Waals surface area contributed by atoms with E-state index in [0.29, 0.717) is 36.6 Å². The van der Waals surface area contributed by atoms with Crippen molar-refractivity contribution in [3.63, 3.8) is 0 Å². The van der Waals surface area contributed by atoms with Crippen LogP contribution in [0.5, 0.6) is 5.75 Å². The predicted octanol–water partition coefficient (Wildman–Crippen LogP) is 2.12. The third-order valence-electron chi connectivity index (χ3n) is 4.33. The van der Waals surface area contributed by atoms with Gasteiger partial charge in [0.15, 0.2) is 17.3 Å². The molecule has 0 aliphatic carbocycles.